The van der Waals surface area contributed by atoms with Gasteiger partial charge in [0.1, 0.15) is 17.7 Å². The zero-order valence-electron chi connectivity index (χ0n) is 19.9. The highest BCUT2D eigenvalue weighted by atomic mass is 35.5. The molecule has 0 unspecified atom stereocenters. The smallest absolute Gasteiger partial charge is 0.256 e. The van der Waals surface area contributed by atoms with Gasteiger partial charge in [0.05, 0.1) is 17.4 Å². The van der Waals surface area contributed by atoms with Crippen LogP contribution >= 0.6 is 11.6 Å². The third kappa shape index (κ3) is 5.52. The lowest BCUT2D eigenvalue weighted by molar-refractivity contribution is -0.120. The highest BCUT2D eigenvalue weighted by Gasteiger charge is 2.36. The van der Waals surface area contributed by atoms with Crippen molar-refractivity contribution in [2.75, 3.05) is 10.6 Å². The molecule has 5 rings (SSSR count). The number of anilines is 2. The Morgan fingerprint density at radius 3 is 2.55 bits per heavy atom. The van der Waals surface area contributed by atoms with Gasteiger partial charge in [-0.1, -0.05) is 29.8 Å². The van der Waals surface area contributed by atoms with E-state index in [1.54, 1.807) is 60.8 Å². The molecular weight excluding hydrogens is 509 g/mol. The van der Waals surface area contributed by atoms with E-state index in [0.29, 0.717) is 33.1 Å². The number of carbonyl (C=O) groups is 3. The Hall–Kier alpha value is -4.63. The van der Waals surface area contributed by atoms with Gasteiger partial charge in [-0.25, -0.2) is 9.37 Å². The number of fused-ring (bicyclic) bond motifs is 1. The van der Waals surface area contributed by atoms with Crippen molar-refractivity contribution in [2.24, 2.45) is 0 Å². The van der Waals surface area contributed by atoms with Crippen LogP contribution < -0.4 is 10.6 Å². The van der Waals surface area contributed by atoms with E-state index in [0.717, 1.165) is 6.20 Å². The SMILES string of the molecule is O=C(Nc1ccc(F)cn1)c1ccc(CN2C(=O)c3ccc(Cl)cc3NC(=O)[C@H]2Cc2ccccn2)cc1. The molecule has 1 atom stereocenters. The molecule has 1 aliphatic heterocycles. The quantitative estimate of drug-likeness (QED) is 0.376. The van der Waals surface area contributed by atoms with E-state index in [1.807, 2.05) is 6.07 Å². The maximum atomic E-state index is 13.7. The topological polar surface area (TPSA) is 104 Å². The van der Waals surface area contributed by atoms with Gasteiger partial charge in [-0.2, -0.15) is 0 Å². The van der Waals surface area contributed by atoms with Crippen LogP contribution in [0.25, 0.3) is 0 Å². The maximum absolute atomic E-state index is 13.7. The Balaban J connectivity index is 1.40. The van der Waals surface area contributed by atoms with E-state index in [4.69, 9.17) is 11.6 Å². The molecule has 0 saturated heterocycles. The Bertz CT molecular complexity index is 1500. The van der Waals surface area contributed by atoms with Crippen LogP contribution in [0.3, 0.4) is 0 Å². The van der Waals surface area contributed by atoms with Crippen LogP contribution in [0.15, 0.2) is 85.2 Å². The summed E-state index contributed by atoms with van der Waals surface area (Å²) in [6.45, 7) is 0.118. The molecule has 38 heavy (non-hydrogen) atoms. The molecular formula is C28H21ClFN5O3. The second-order valence-electron chi connectivity index (χ2n) is 8.67. The van der Waals surface area contributed by atoms with Gasteiger partial charge in [0.15, 0.2) is 0 Å². The third-order valence-electron chi connectivity index (χ3n) is 6.08. The lowest BCUT2D eigenvalue weighted by Gasteiger charge is -2.28. The third-order valence-corrected chi connectivity index (χ3v) is 6.31. The molecule has 0 saturated carbocycles. The summed E-state index contributed by atoms with van der Waals surface area (Å²) in [4.78, 5) is 49.2. The minimum atomic E-state index is -0.837. The first-order chi connectivity index (χ1) is 18.4. The first kappa shape index (κ1) is 25.0. The van der Waals surface area contributed by atoms with Gasteiger partial charge in [-0.3, -0.25) is 19.4 Å². The zero-order chi connectivity index (χ0) is 26.6. The molecule has 2 N–H and O–H groups in total. The van der Waals surface area contributed by atoms with Crippen LogP contribution in [0.4, 0.5) is 15.9 Å². The summed E-state index contributed by atoms with van der Waals surface area (Å²) in [7, 11) is 0. The Morgan fingerprint density at radius 1 is 1.03 bits per heavy atom. The molecule has 190 valence electrons. The number of hydrogen-bond acceptors (Lipinski definition) is 5. The molecule has 0 radical (unpaired) electrons. The van der Waals surface area contributed by atoms with Crippen molar-refractivity contribution in [1.82, 2.24) is 14.9 Å². The minimum Gasteiger partial charge on any atom is -0.323 e. The molecule has 10 heteroatoms. The highest BCUT2D eigenvalue weighted by molar-refractivity contribution is 6.31. The number of pyridine rings is 2. The van der Waals surface area contributed by atoms with Crippen LogP contribution in [-0.4, -0.2) is 38.6 Å². The molecule has 0 bridgehead atoms. The number of nitrogens with one attached hydrogen (secondary N) is 2. The van der Waals surface area contributed by atoms with Crippen molar-refractivity contribution in [2.45, 2.75) is 19.0 Å². The summed E-state index contributed by atoms with van der Waals surface area (Å²) in [5, 5.41) is 5.84. The van der Waals surface area contributed by atoms with Crippen molar-refractivity contribution in [3.8, 4) is 0 Å². The van der Waals surface area contributed by atoms with Gasteiger partial charge >= 0.3 is 0 Å². The van der Waals surface area contributed by atoms with Crippen molar-refractivity contribution in [3.05, 3.63) is 118 Å². The lowest BCUT2D eigenvalue weighted by atomic mass is 10.0. The van der Waals surface area contributed by atoms with Gasteiger partial charge in [0, 0.05) is 35.4 Å². The van der Waals surface area contributed by atoms with Gasteiger partial charge in [0.25, 0.3) is 11.8 Å². The summed E-state index contributed by atoms with van der Waals surface area (Å²) in [6, 6.07) is 18.5. The average molecular weight is 530 g/mol. The van der Waals surface area contributed by atoms with Crippen LogP contribution in [0.1, 0.15) is 32.0 Å². The average Bonchev–Trinajstić information content (AvgIpc) is 3.00. The number of carbonyl (C=O) groups excluding carboxylic acids is 3. The molecule has 0 aliphatic carbocycles. The van der Waals surface area contributed by atoms with E-state index in [-0.39, 0.29) is 30.6 Å². The van der Waals surface area contributed by atoms with E-state index in [1.165, 1.54) is 17.0 Å². The molecule has 0 fully saturated rings. The number of benzene rings is 2. The minimum absolute atomic E-state index is 0.118. The largest absolute Gasteiger partial charge is 0.323 e. The van der Waals surface area contributed by atoms with Gasteiger partial charge in [0.2, 0.25) is 5.91 Å². The van der Waals surface area contributed by atoms with Gasteiger partial charge in [-0.05, 0) is 60.2 Å². The van der Waals surface area contributed by atoms with E-state index in [2.05, 4.69) is 20.6 Å². The van der Waals surface area contributed by atoms with Crippen molar-refractivity contribution < 1.29 is 18.8 Å². The Labute approximate surface area is 222 Å². The number of hydrogen-bond donors (Lipinski definition) is 2. The lowest BCUT2D eigenvalue weighted by Crippen LogP contribution is -2.46. The van der Waals surface area contributed by atoms with E-state index < -0.39 is 17.8 Å². The summed E-state index contributed by atoms with van der Waals surface area (Å²) in [5.74, 6) is -1.39. The Kier molecular flexibility index (Phi) is 7.10. The number of rotatable bonds is 6. The predicted octanol–water partition coefficient (Wildman–Crippen LogP) is 4.73. The fourth-order valence-electron chi connectivity index (χ4n) is 4.16. The highest BCUT2D eigenvalue weighted by Crippen LogP contribution is 2.28. The first-order valence-corrected chi connectivity index (χ1v) is 12.1. The van der Waals surface area contributed by atoms with Crippen molar-refractivity contribution in [1.29, 1.82) is 0 Å². The first-order valence-electron chi connectivity index (χ1n) is 11.7. The summed E-state index contributed by atoms with van der Waals surface area (Å²) in [5.41, 5.74) is 2.41. The van der Waals surface area contributed by atoms with E-state index >= 15 is 0 Å². The predicted molar refractivity (Wildman–Crippen MR) is 140 cm³/mol. The van der Waals surface area contributed by atoms with Crippen LogP contribution in [-0.2, 0) is 17.8 Å². The fourth-order valence-corrected chi connectivity index (χ4v) is 4.33. The molecule has 4 aromatic rings. The fraction of sp³-hybridized carbons (Fsp3) is 0.107. The number of nitrogens with zero attached hydrogens (tertiary/aromatic N) is 3. The number of amides is 3. The summed E-state index contributed by atoms with van der Waals surface area (Å²) < 4.78 is 13.1. The Morgan fingerprint density at radius 2 is 1.84 bits per heavy atom. The summed E-state index contributed by atoms with van der Waals surface area (Å²) >= 11 is 6.12. The second kappa shape index (κ2) is 10.8. The van der Waals surface area contributed by atoms with Crippen molar-refractivity contribution >= 4 is 40.8 Å². The second-order valence-corrected chi connectivity index (χ2v) is 9.10. The van der Waals surface area contributed by atoms with Crippen LogP contribution in [0.5, 0.6) is 0 Å². The van der Waals surface area contributed by atoms with Gasteiger partial charge < -0.3 is 15.5 Å². The maximum Gasteiger partial charge on any atom is 0.256 e. The van der Waals surface area contributed by atoms with Crippen LogP contribution in [0, 0.1) is 5.82 Å². The number of aromatic nitrogens is 2. The molecule has 8 nitrogen and oxygen atoms in total. The normalized spacial score (nSPS) is 14.9. The standard InChI is InChI=1S/C28H21ClFN5O3/c29-19-8-10-22-23(13-19)33-27(37)24(14-21-3-1-2-12-31-21)35(28(22)38)16-17-4-6-18(7-5-17)26(36)34-25-11-9-20(30)15-32-25/h1-13,15,24H,14,16H2,(H,33,37)(H,32,34,36)/t24-/m1/s1. The monoisotopic (exact) mass is 529 g/mol. The van der Waals surface area contributed by atoms with Crippen LogP contribution in [0.2, 0.25) is 5.02 Å². The van der Waals surface area contributed by atoms with E-state index in [9.17, 15) is 18.8 Å². The zero-order valence-corrected chi connectivity index (χ0v) is 20.7. The molecule has 1 aliphatic rings. The van der Waals surface area contributed by atoms with Gasteiger partial charge in [-0.15, -0.1) is 0 Å². The molecule has 0 spiro atoms. The molecule has 2 aromatic heterocycles. The molecule has 3 heterocycles. The molecule has 2 aromatic carbocycles. The van der Waals surface area contributed by atoms with Crippen molar-refractivity contribution in [3.63, 3.8) is 0 Å². The molecule has 3 amide bonds. The summed E-state index contributed by atoms with van der Waals surface area (Å²) in [6.07, 6.45) is 2.86. The number of halogens is 2.